The van der Waals surface area contributed by atoms with Gasteiger partial charge < -0.3 is 0 Å². The molecule has 1 aliphatic heterocycles. The monoisotopic (exact) mass is 418 g/mol. The standard InChI is InChI=1S/C21H21F3N4S/c1-13(2)20-26-17(12-29-20)11-28-8-7-18-15(10-28)9-25-19(27-18)14-3-5-16(6-4-14)21(22,23)24/h3-6,9,12-13H,7-8,10-11H2,1-2H3. The molecular weight excluding hydrogens is 397 g/mol. The highest BCUT2D eigenvalue weighted by Crippen LogP contribution is 2.31. The Morgan fingerprint density at radius 1 is 1.14 bits per heavy atom. The number of alkyl halides is 3. The van der Waals surface area contributed by atoms with Crippen molar-refractivity contribution in [3.8, 4) is 11.4 Å². The third kappa shape index (κ3) is 4.48. The zero-order chi connectivity index (χ0) is 20.6. The van der Waals surface area contributed by atoms with Crippen molar-refractivity contribution >= 4 is 11.3 Å². The number of nitrogens with zero attached hydrogens (tertiary/aromatic N) is 4. The molecule has 152 valence electrons. The van der Waals surface area contributed by atoms with E-state index in [9.17, 15) is 13.2 Å². The fraction of sp³-hybridized carbons (Fsp3) is 0.381. The van der Waals surface area contributed by atoms with Crippen molar-refractivity contribution in [2.24, 2.45) is 0 Å². The second kappa shape index (κ2) is 7.84. The lowest BCUT2D eigenvalue weighted by Crippen LogP contribution is -2.31. The SMILES string of the molecule is CC(C)c1nc(CN2CCc3nc(-c4ccc(C(F)(F)F)cc4)ncc3C2)cs1. The number of rotatable bonds is 4. The zero-order valence-corrected chi connectivity index (χ0v) is 17.0. The van der Waals surface area contributed by atoms with E-state index in [-0.39, 0.29) is 0 Å². The first-order chi connectivity index (χ1) is 13.8. The largest absolute Gasteiger partial charge is 0.416 e. The molecule has 0 spiro atoms. The van der Waals surface area contributed by atoms with E-state index in [1.54, 1.807) is 17.5 Å². The Hall–Kier alpha value is -2.32. The summed E-state index contributed by atoms with van der Waals surface area (Å²) in [5.74, 6) is 0.903. The first-order valence-corrected chi connectivity index (χ1v) is 10.4. The third-order valence-corrected chi connectivity index (χ3v) is 6.13. The first kappa shape index (κ1) is 20.0. The molecule has 4 rings (SSSR count). The molecule has 1 aromatic carbocycles. The van der Waals surface area contributed by atoms with Gasteiger partial charge in [-0.15, -0.1) is 11.3 Å². The number of halogens is 3. The molecule has 0 saturated carbocycles. The summed E-state index contributed by atoms with van der Waals surface area (Å²) in [7, 11) is 0. The van der Waals surface area contributed by atoms with Gasteiger partial charge in [-0.25, -0.2) is 15.0 Å². The van der Waals surface area contributed by atoms with E-state index >= 15 is 0 Å². The van der Waals surface area contributed by atoms with Gasteiger partial charge in [0.1, 0.15) is 0 Å². The van der Waals surface area contributed by atoms with Gasteiger partial charge in [0.15, 0.2) is 5.82 Å². The molecule has 4 nitrogen and oxygen atoms in total. The van der Waals surface area contributed by atoms with Crippen LogP contribution < -0.4 is 0 Å². The van der Waals surface area contributed by atoms with Crippen LogP contribution in [0.1, 0.15) is 47.3 Å². The summed E-state index contributed by atoms with van der Waals surface area (Å²) in [6, 6.07) is 4.99. The summed E-state index contributed by atoms with van der Waals surface area (Å²) in [5, 5.41) is 3.27. The molecule has 1 aliphatic rings. The van der Waals surface area contributed by atoms with Gasteiger partial charge in [0, 0.05) is 54.7 Å². The Bertz CT molecular complexity index is 996. The number of fused-ring (bicyclic) bond motifs is 1. The molecule has 3 heterocycles. The van der Waals surface area contributed by atoms with Crippen molar-refractivity contribution in [3.63, 3.8) is 0 Å². The molecule has 0 radical (unpaired) electrons. The summed E-state index contributed by atoms with van der Waals surface area (Å²) < 4.78 is 38.2. The lowest BCUT2D eigenvalue weighted by molar-refractivity contribution is -0.137. The van der Waals surface area contributed by atoms with Gasteiger partial charge >= 0.3 is 6.18 Å². The average Bonchev–Trinajstić information content (AvgIpc) is 3.16. The maximum absolute atomic E-state index is 12.7. The normalized spacial score (nSPS) is 15.0. The van der Waals surface area contributed by atoms with Crippen LogP contribution in [0.15, 0.2) is 35.8 Å². The summed E-state index contributed by atoms with van der Waals surface area (Å²) in [6.45, 7) is 6.70. The number of benzene rings is 1. The second-order valence-electron chi connectivity index (χ2n) is 7.53. The molecular formula is C21H21F3N4S. The summed E-state index contributed by atoms with van der Waals surface area (Å²) in [6.07, 6.45) is -1.76. The second-order valence-corrected chi connectivity index (χ2v) is 8.42. The van der Waals surface area contributed by atoms with Crippen LogP contribution in [0.4, 0.5) is 13.2 Å². The van der Waals surface area contributed by atoms with Crippen molar-refractivity contribution in [2.75, 3.05) is 6.54 Å². The van der Waals surface area contributed by atoms with Gasteiger partial charge in [-0.1, -0.05) is 26.0 Å². The topological polar surface area (TPSA) is 41.9 Å². The van der Waals surface area contributed by atoms with Crippen LogP contribution in [0.25, 0.3) is 11.4 Å². The molecule has 0 saturated heterocycles. The van der Waals surface area contributed by atoms with E-state index in [1.807, 2.05) is 0 Å². The van der Waals surface area contributed by atoms with Gasteiger partial charge in [0.2, 0.25) is 0 Å². The molecule has 0 bridgehead atoms. The van der Waals surface area contributed by atoms with E-state index in [1.165, 1.54) is 12.1 Å². The minimum absolute atomic E-state index is 0.438. The number of hydrogen-bond donors (Lipinski definition) is 0. The number of thiazole rings is 1. The van der Waals surface area contributed by atoms with Crippen LogP contribution in [0, 0.1) is 0 Å². The molecule has 29 heavy (non-hydrogen) atoms. The highest BCUT2D eigenvalue weighted by atomic mass is 32.1. The molecule has 0 aliphatic carbocycles. The van der Waals surface area contributed by atoms with E-state index in [0.29, 0.717) is 17.3 Å². The third-order valence-electron chi connectivity index (χ3n) is 4.93. The lowest BCUT2D eigenvalue weighted by Gasteiger charge is -2.27. The molecule has 0 fully saturated rings. The van der Waals surface area contributed by atoms with Gasteiger partial charge in [-0.2, -0.15) is 13.2 Å². The van der Waals surface area contributed by atoms with Gasteiger partial charge in [0.25, 0.3) is 0 Å². The quantitative estimate of drug-likeness (QED) is 0.577. The highest BCUT2D eigenvalue weighted by Gasteiger charge is 2.30. The fourth-order valence-electron chi connectivity index (χ4n) is 3.35. The smallest absolute Gasteiger partial charge is 0.293 e. The minimum Gasteiger partial charge on any atom is -0.293 e. The molecule has 0 N–H and O–H groups in total. The maximum atomic E-state index is 12.7. The molecule has 0 unspecified atom stereocenters. The van der Waals surface area contributed by atoms with Crippen LogP contribution in [-0.4, -0.2) is 26.4 Å². The number of hydrogen-bond acceptors (Lipinski definition) is 5. The lowest BCUT2D eigenvalue weighted by atomic mass is 10.1. The van der Waals surface area contributed by atoms with Gasteiger partial charge in [-0.05, 0) is 12.1 Å². The van der Waals surface area contributed by atoms with E-state index in [0.717, 1.165) is 60.1 Å². The van der Waals surface area contributed by atoms with Crippen LogP contribution >= 0.6 is 11.3 Å². The van der Waals surface area contributed by atoms with Crippen LogP contribution in [0.3, 0.4) is 0 Å². The summed E-state index contributed by atoms with van der Waals surface area (Å²) in [5.41, 5.74) is 3.03. The molecule has 2 aromatic heterocycles. The number of aromatic nitrogens is 3. The van der Waals surface area contributed by atoms with Crippen molar-refractivity contribution in [3.05, 3.63) is 63.4 Å². The predicted octanol–water partition coefficient (Wildman–Crippen LogP) is 5.30. The van der Waals surface area contributed by atoms with Crippen LogP contribution in [0.5, 0.6) is 0 Å². The fourth-order valence-corrected chi connectivity index (χ4v) is 4.17. The van der Waals surface area contributed by atoms with Gasteiger partial charge in [0.05, 0.1) is 22.0 Å². The van der Waals surface area contributed by atoms with Crippen molar-refractivity contribution in [1.29, 1.82) is 0 Å². The van der Waals surface area contributed by atoms with Crippen molar-refractivity contribution < 1.29 is 13.2 Å². The summed E-state index contributed by atoms with van der Waals surface area (Å²) in [4.78, 5) is 16.0. The Labute approximate surface area is 171 Å². The van der Waals surface area contributed by atoms with Crippen molar-refractivity contribution in [2.45, 2.75) is 45.5 Å². The summed E-state index contributed by atoms with van der Waals surface area (Å²) >= 11 is 1.70. The molecule has 8 heteroatoms. The first-order valence-electron chi connectivity index (χ1n) is 9.48. The zero-order valence-electron chi connectivity index (χ0n) is 16.2. The maximum Gasteiger partial charge on any atom is 0.416 e. The van der Waals surface area contributed by atoms with Crippen LogP contribution in [0.2, 0.25) is 0 Å². The highest BCUT2D eigenvalue weighted by molar-refractivity contribution is 7.09. The average molecular weight is 418 g/mol. The Morgan fingerprint density at radius 2 is 1.90 bits per heavy atom. The molecule has 0 amide bonds. The van der Waals surface area contributed by atoms with E-state index in [4.69, 9.17) is 4.98 Å². The van der Waals surface area contributed by atoms with Crippen molar-refractivity contribution in [1.82, 2.24) is 19.9 Å². The predicted molar refractivity (Wildman–Crippen MR) is 106 cm³/mol. The van der Waals surface area contributed by atoms with Crippen LogP contribution in [-0.2, 0) is 25.7 Å². The minimum atomic E-state index is -4.34. The Kier molecular flexibility index (Phi) is 5.40. The van der Waals surface area contributed by atoms with E-state index in [2.05, 4.69) is 34.1 Å². The van der Waals surface area contributed by atoms with Gasteiger partial charge in [-0.3, -0.25) is 4.90 Å². The molecule has 0 atom stereocenters. The molecule has 3 aromatic rings. The Balaban J connectivity index is 1.46. The Morgan fingerprint density at radius 3 is 2.55 bits per heavy atom. The van der Waals surface area contributed by atoms with E-state index < -0.39 is 11.7 Å².